The molecule has 30 heavy (non-hydrogen) atoms. The van der Waals surface area contributed by atoms with Gasteiger partial charge in [-0.25, -0.2) is 4.39 Å². The maximum absolute atomic E-state index is 15.5. The predicted octanol–water partition coefficient (Wildman–Crippen LogP) is 7.68. The van der Waals surface area contributed by atoms with Crippen LogP contribution in [0.2, 0.25) is 18.1 Å². The molecule has 4 heteroatoms. The third-order valence-corrected chi connectivity index (χ3v) is 13.9. The van der Waals surface area contributed by atoms with E-state index in [1.165, 1.54) is 18.4 Å². The monoisotopic (exact) mass is 440 g/mol. The fourth-order valence-corrected chi connectivity index (χ4v) is 10.1. The number of alkyl halides is 1. The number of allylic oxidation sites excluding steroid dienone is 1. The zero-order valence-corrected chi connectivity index (χ0v) is 21.9. The van der Waals surface area contributed by atoms with E-state index in [0.29, 0.717) is 18.3 Å². The minimum Gasteiger partial charge on any atom is -0.412 e. The molecule has 0 saturated heterocycles. The van der Waals surface area contributed by atoms with Crippen LogP contribution < -0.4 is 0 Å². The number of hydrogen-bond acceptors (Lipinski definition) is 2. The minimum absolute atomic E-state index is 0.0924. The van der Waals surface area contributed by atoms with E-state index in [1.807, 2.05) is 6.08 Å². The molecule has 1 N–H and O–H groups in total. The molecule has 2 fully saturated rings. The first-order valence-electron chi connectivity index (χ1n) is 12.7. The zero-order chi connectivity index (χ0) is 22.6. The second-order valence-corrected chi connectivity index (χ2v) is 15.8. The highest BCUT2D eigenvalue weighted by Crippen LogP contribution is 2.60. The lowest BCUT2D eigenvalue weighted by Gasteiger charge is -2.45. The van der Waals surface area contributed by atoms with Crippen LogP contribution in [-0.2, 0) is 4.43 Å². The van der Waals surface area contributed by atoms with Crippen LogP contribution in [0.4, 0.5) is 4.39 Å². The molecule has 176 valence electrons. The Bertz CT molecular complexity index is 563. The third-order valence-electron chi connectivity index (χ3n) is 9.04. The smallest absolute Gasteiger partial charge is 0.192 e. The average Bonchev–Trinajstić information content (AvgIpc) is 3.08. The number of halogens is 1. The molecule has 0 radical (unpaired) electrons. The number of fused-ring (bicyclic) bond motifs is 1. The Labute approximate surface area is 187 Å². The maximum Gasteiger partial charge on any atom is 0.192 e. The third kappa shape index (κ3) is 5.59. The summed E-state index contributed by atoms with van der Waals surface area (Å²) in [6.45, 7) is 15.8. The summed E-state index contributed by atoms with van der Waals surface area (Å²) in [5.74, 6) is 1.08. The van der Waals surface area contributed by atoms with Gasteiger partial charge in [-0.05, 0) is 100 Å². The van der Waals surface area contributed by atoms with Gasteiger partial charge in [-0.15, -0.1) is 0 Å². The highest BCUT2D eigenvalue weighted by atomic mass is 28.4. The van der Waals surface area contributed by atoms with Gasteiger partial charge in [0.25, 0.3) is 0 Å². The van der Waals surface area contributed by atoms with E-state index < -0.39 is 14.5 Å². The molecule has 0 aromatic carbocycles. The lowest BCUT2D eigenvalue weighted by molar-refractivity contribution is 0.0357. The van der Waals surface area contributed by atoms with Gasteiger partial charge >= 0.3 is 0 Å². The van der Waals surface area contributed by atoms with Crippen molar-refractivity contribution in [3.05, 3.63) is 11.6 Å². The SMILES string of the molecule is CC[Si](CC)(CC)OC(C)(C)CCC(F)C(C)[C@H]1CC[C@H]2/C(=C/CO)CCC[C@]12C. The molecule has 0 aromatic heterocycles. The summed E-state index contributed by atoms with van der Waals surface area (Å²) in [7, 11) is -1.68. The Balaban J connectivity index is 2.00. The zero-order valence-electron chi connectivity index (χ0n) is 20.9. The summed E-state index contributed by atoms with van der Waals surface area (Å²) in [6.07, 6.45) is 8.46. The van der Waals surface area contributed by atoms with Crippen LogP contribution in [0.1, 0.15) is 93.4 Å². The van der Waals surface area contributed by atoms with Crippen LogP contribution in [0, 0.1) is 23.2 Å². The second-order valence-electron chi connectivity index (χ2n) is 11.1. The largest absolute Gasteiger partial charge is 0.412 e. The van der Waals surface area contributed by atoms with Crippen molar-refractivity contribution in [2.45, 2.75) is 123 Å². The molecule has 0 aromatic rings. The van der Waals surface area contributed by atoms with Crippen LogP contribution in [0.25, 0.3) is 0 Å². The van der Waals surface area contributed by atoms with E-state index in [4.69, 9.17) is 4.43 Å². The van der Waals surface area contributed by atoms with Gasteiger partial charge in [0.05, 0.1) is 12.2 Å². The fourth-order valence-electron chi connectivity index (χ4n) is 6.91. The van der Waals surface area contributed by atoms with Gasteiger partial charge < -0.3 is 9.53 Å². The molecule has 2 aliphatic rings. The van der Waals surface area contributed by atoms with Gasteiger partial charge in [-0.2, -0.15) is 0 Å². The van der Waals surface area contributed by atoms with E-state index in [-0.39, 0.29) is 23.5 Å². The molecule has 2 rings (SSSR count). The Morgan fingerprint density at radius 1 is 1.23 bits per heavy atom. The highest BCUT2D eigenvalue weighted by molar-refractivity contribution is 6.73. The second kappa shape index (κ2) is 10.6. The molecule has 0 aliphatic heterocycles. The molecule has 2 saturated carbocycles. The number of aliphatic hydroxyl groups is 1. The summed E-state index contributed by atoms with van der Waals surface area (Å²) in [6, 6.07) is 3.43. The Hall–Kier alpha value is -0.193. The van der Waals surface area contributed by atoms with Crippen LogP contribution >= 0.6 is 0 Å². The van der Waals surface area contributed by atoms with Crippen molar-refractivity contribution in [1.29, 1.82) is 0 Å². The van der Waals surface area contributed by atoms with Crippen LogP contribution in [0.5, 0.6) is 0 Å². The average molecular weight is 441 g/mol. The number of rotatable bonds is 11. The van der Waals surface area contributed by atoms with Crippen molar-refractivity contribution < 1.29 is 13.9 Å². The standard InChI is InChI=1S/C26H49FO2Si/c1-8-30(9-2,10-3)29-25(5,6)18-15-24(27)20(4)22-13-14-23-21(16-19-28)12-11-17-26(22,23)7/h16,20,22-24,28H,8-15,17-19H2,1-7H3/b21-16+/t20?,22-,23+,24?,26-/m1/s1. The van der Waals surface area contributed by atoms with E-state index >= 15 is 4.39 Å². The topological polar surface area (TPSA) is 29.5 Å². The predicted molar refractivity (Wildman–Crippen MR) is 129 cm³/mol. The quantitative estimate of drug-likeness (QED) is 0.264. The Morgan fingerprint density at radius 2 is 1.87 bits per heavy atom. The fraction of sp³-hybridized carbons (Fsp3) is 0.923. The number of hydrogen-bond donors (Lipinski definition) is 1. The van der Waals surface area contributed by atoms with E-state index in [0.717, 1.165) is 43.8 Å². The molecule has 5 atom stereocenters. The summed E-state index contributed by atoms with van der Waals surface area (Å²) in [5, 5.41) is 9.42. The van der Waals surface area contributed by atoms with E-state index in [2.05, 4.69) is 48.5 Å². The summed E-state index contributed by atoms with van der Waals surface area (Å²) in [4.78, 5) is 0. The van der Waals surface area contributed by atoms with Crippen molar-refractivity contribution in [1.82, 2.24) is 0 Å². The van der Waals surface area contributed by atoms with Crippen LogP contribution in [0.3, 0.4) is 0 Å². The first-order valence-corrected chi connectivity index (χ1v) is 15.2. The number of aliphatic hydroxyl groups excluding tert-OH is 1. The highest BCUT2D eigenvalue weighted by Gasteiger charge is 2.52. The van der Waals surface area contributed by atoms with Crippen LogP contribution in [0.15, 0.2) is 11.6 Å². The molecule has 0 heterocycles. The normalized spacial score (nSPS) is 31.0. The lowest BCUT2D eigenvalue weighted by atomic mass is 9.60. The maximum atomic E-state index is 15.5. The first kappa shape index (κ1) is 26.1. The molecule has 2 nitrogen and oxygen atoms in total. The van der Waals surface area contributed by atoms with Gasteiger partial charge in [0.2, 0.25) is 0 Å². The molecule has 2 unspecified atom stereocenters. The van der Waals surface area contributed by atoms with Crippen molar-refractivity contribution in [3.63, 3.8) is 0 Å². The Morgan fingerprint density at radius 3 is 2.43 bits per heavy atom. The molecule has 2 aliphatic carbocycles. The summed E-state index contributed by atoms with van der Waals surface area (Å²) in [5.41, 5.74) is 1.40. The lowest BCUT2D eigenvalue weighted by Crippen LogP contribution is -2.45. The Kier molecular flexibility index (Phi) is 9.22. The van der Waals surface area contributed by atoms with E-state index in [9.17, 15) is 5.11 Å². The van der Waals surface area contributed by atoms with Crippen LogP contribution in [-0.4, -0.2) is 31.8 Å². The minimum atomic E-state index is -1.68. The van der Waals surface area contributed by atoms with Gasteiger partial charge in [0.15, 0.2) is 8.32 Å². The van der Waals surface area contributed by atoms with Crippen molar-refractivity contribution in [2.24, 2.45) is 23.2 Å². The van der Waals surface area contributed by atoms with Gasteiger partial charge in [0, 0.05) is 0 Å². The molecular weight excluding hydrogens is 391 g/mol. The summed E-state index contributed by atoms with van der Waals surface area (Å²) >= 11 is 0. The molecule has 0 amide bonds. The molecule has 0 bridgehead atoms. The first-order chi connectivity index (χ1) is 14.1. The summed E-state index contributed by atoms with van der Waals surface area (Å²) < 4.78 is 22.2. The van der Waals surface area contributed by atoms with Crippen molar-refractivity contribution in [3.8, 4) is 0 Å². The van der Waals surface area contributed by atoms with Gasteiger partial charge in [-0.1, -0.05) is 46.3 Å². The van der Waals surface area contributed by atoms with Gasteiger partial charge in [-0.3, -0.25) is 0 Å². The van der Waals surface area contributed by atoms with Crippen molar-refractivity contribution in [2.75, 3.05) is 6.61 Å². The van der Waals surface area contributed by atoms with E-state index in [1.54, 1.807) is 0 Å². The van der Waals surface area contributed by atoms with Crippen molar-refractivity contribution >= 4 is 8.32 Å². The molecular formula is C26H49FO2Si. The van der Waals surface area contributed by atoms with Gasteiger partial charge in [0.1, 0.15) is 6.17 Å². The molecule has 0 spiro atoms.